The SMILES string of the molecule is CC(N)CCNC(=O)C1CC1(C)C. The predicted molar refractivity (Wildman–Crippen MR) is 53.2 cm³/mol. The minimum absolute atomic E-state index is 0.174. The number of rotatable bonds is 4. The second-order valence-electron chi connectivity index (χ2n) is 4.80. The fraction of sp³-hybridized carbons (Fsp3) is 0.900. The zero-order chi connectivity index (χ0) is 10.1. The Morgan fingerprint density at radius 1 is 1.69 bits per heavy atom. The third-order valence-corrected chi connectivity index (χ3v) is 2.73. The summed E-state index contributed by atoms with van der Waals surface area (Å²) in [4.78, 5) is 11.5. The maximum absolute atomic E-state index is 11.5. The van der Waals surface area contributed by atoms with Gasteiger partial charge in [0.1, 0.15) is 0 Å². The topological polar surface area (TPSA) is 55.1 Å². The maximum atomic E-state index is 11.5. The van der Waals surface area contributed by atoms with Crippen molar-refractivity contribution in [2.24, 2.45) is 17.1 Å². The van der Waals surface area contributed by atoms with Crippen LogP contribution in [0.5, 0.6) is 0 Å². The second kappa shape index (κ2) is 3.66. The molecule has 0 heterocycles. The number of hydrogen-bond donors (Lipinski definition) is 2. The monoisotopic (exact) mass is 184 g/mol. The van der Waals surface area contributed by atoms with E-state index in [0.29, 0.717) is 6.54 Å². The molecule has 0 bridgehead atoms. The highest BCUT2D eigenvalue weighted by atomic mass is 16.2. The van der Waals surface area contributed by atoms with Gasteiger partial charge in [-0.25, -0.2) is 0 Å². The van der Waals surface area contributed by atoms with Crippen molar-refractivity contribution >= 4 is 5.91 Å². The molecule has 0 aromatic carbocycles. The molecule has 1 fully saturated rings. The Bertz CT molecular complexity index is 199. The Balaban J connectivity index is 2.13. The highest BCUT2D eigenvalue weighted by Crippen LogP contribution is 2.51. The highest BCUT2D eigenvalue weighted by Gasteiger charge is 2.50. The van der Waals surface area contributed by atoms with Crippen molar-refractivity contribution in [2.45, 2.75) is 39.7 Å². The van der Waals surface area contributed by atoms with Gasteiger partial charge in [0.15, 0.2) is 0 Å². The molecular formula is C10H20N2O. The second-order valence-corrected chi connectivity index (χ2v) is 4.80. The zero-order valence-corrected chi connectivity index (χ0v) is 8.76. The summed E-state index contributed by atoms with van der Waals surface area (Å²) in [5, 5.41) is 2.91. The first kappa shape index (κ1) is 10.5. The van der Waals surface area contributed by atoms with Crippen molar-refractivity contribution in [2.75, 3.05) is 6.54 Å². The molecule has 1 amide bonds. The van der Waals surface area contributed by atoms with E-state index in [4.69, 9.17) is 5.73 Å². The zero-order valence-electron chi connectivity index (χ0n) is 8.76. The van der Waals surface area contributed by atoms with Crippen molar-refractivity contribution in [3.05, 3.63) is 0 Å². The van der Waals surface area contributed by atoms with E-state index in [1.807, 2.05) is 6.92 Å². The van der Waals surface area contributed by atoms with Gasteiger partial charge in [0, 0.05) is 18.5 Å². The Morgan fingerprint density at radius 3 is 2.62 bits per heavy atom. The van der Waals surface area contributed by atoms with Gasteiger partial charge in [-0.3, -0.25) is 4.79 Å². The molecular weight excluding hydrogens is 164 g/mol. The maximum Gasteiger partial charge on any atom is 0.223 e. The fourth-order valence-corrected chi connectivity index (χ4v) is 1.46. The number of nitrogens with two attached hydrogens (primary N) is 1. The van der Waals surface area contributed by atoms with Crippen LogP contribution in [0, 0.1) is 11.3 Å². The van der Waals surface area contributed by atoms with Crippen LogP contribution in [-0.2, 0) is 4.79 Å². The van der Waals surface area contributed by atoms with E-state index >= 15 is 0 Å². The summed E-state index contributed by atoms with van der Waals surface area (Å²) < 4.78 is 0. The molecule has 76 valence electrons. The molecule has 1 saturated carbocycles. The molecule has 0 aromatic heterocycles. The van der Waals surface area contributed by atoms with Crippen LogP contribution in [0.2, 0.25) is 0 Å². The Hall–Kier alpha value is -0.570. The van der Waals surface area contributed by atoms with Crippen LogP contribution in [0.25, 0.3) is 0 Å². The van der Waals surface area contributed by atoms with Gasteiger partial charge in [-0.05, 0) is 25.2 Å². The van der Waals surface area contributed by atoms with E-state index in [1.165, 1.54) is 0 Å². The number of nitrogens with one attached hydrogen (secondary N) is 1. The normalized spacial score (nSPS) is 26.6. The summed E-state index contributed by atoms with van der Waals surface area (Å²) in [5.41, 5.74) is 5.81. The van der Waals surface area contributed by atoms with Gasteiger partial charge in [-0.15, -0.1) is 0 Å². The molecule has 13 heavy (non-hydrogen) atoms. The van der Waals surface area contributed by atoms with Crippen LogP contribution >= 0.6 is 0 Å². The number of carbonyl (C=O) groups is 1. The third-order valence-electron chi connectivity index (χ3n) is 2.73. The van der Waals surface area contributed by atoms with Gasteiger partial charge in [0.2, 0.25) is 5.91 Å². The average Bonchev–Trinajstić information content (AvgIpc) is 2.59. The number of carbonyl (C=O) groups excluding carboxylic acids is 1. The smallest absolute Gasteiger partial charge is 0.223 e. The summed E-state index contributed by atoms with van der Waals surface area (Å²) in [6.45, 7) is 6.92. The van der Waals surface area contributed by atoms with Gasteiger partial charge in [-0.1, -0.05) is 13.8 Å². The van der Waals surface area contributed by atoms with Gasteiger partial charge < -0.3 is 11.1 Å². The Kier molecular flexibility index (Phi) is 2.96. The van der Waals surface area contributed by atoms with Gasteiger partial charge in [0.05, 0.1) is 0 Å². The lowest BCUT2D eigenvalue weighted by Gasteiger charge is -2.07. The molecule has 0 aromatic rings. The average molecular weight is 184 g/mol. The quantitative estimate of drug-likeness (QED) is 0.681. The van der Waals surface area contributed by atoms with Gasteiger partial charge >= 0.3 is 0 Å². The molecule has 0 aliphatic heterocycles. The van der Waals surface area contributed by atoms with Crippen LogP contribution in [0.3, 0.4) is 0 Å². The van der Waals surface area contributed by atoms with Crippen molar-refractivity contribution < 1.29 is 4.79 Å². The predicted octanol–water partition coefficient (Wildman–Crippen LogP) is 0.886. The molecule has 0 spiro atoms. The summed E-state index contributed by atoms with van der Waals surface area (Å²) in [6.07, 6.45) is 1.88. The molecule has 1 aliphatic carbocycles. The minimum atomic E-state index is 0.174. The molecule has 1 aliphatic rings. The lowest BCUT2D eigenvalue weighted by atomic mass is 10.1. The largest absolute Gasteiger partial charge is 0.356 e. The fourth-order valence-electron chi connectivity index (χ4n) is 1.46. The molecule has 3 nitrogen and oxygen atoms in total. The Labute approximate surface area is 80.1 Å². The van der Waals surface area contributed by atoms with E-state index in [2.05, 4.69) is 19.2 Å². The molecule has 3 N–H and O–H groups in total. The first-order valence-electron chi connectivity index (χ1n) is 4.97. The standard InChI is InChI=1S/C10H20N2O/c1-7(11)4-5-12-9(13)8-6-10(8,2)3/h7-8H,4-6,11H2,1-3H3,(H,12,13). The summed E-state index contributed by atoms with van der Waals surface area (Å²) in [7, 11) is 0. The lowest BCUT2D eigenvalue weighted by molar-refractivity contribution is -0.122. The van der Waals surface area contributed by atoms with Crippen molar-refractivity contribution in [1.82, 2.24) is 5.32 Å². The Morgan fingerprint density at radius 2 is 2.23 bits per heavy atom. The van der Waals surface area contributed by atoms with Crippen molar-refractivity contribution in [3.8, 4) is 0 Å². The van der Waals surface area contributed by atoms with Gasteiger partial charge in [-0.2, -0.15) is 0 Å². The molecule has 0 radical (unpaired) electrons. The third kappa shape index (κ3) is 2.99. The van der Waals surface area contributed by atoms with Crippen molar-refractivity contribution in [1.29, 1.82) is 0 Å². The number of hydrogen-bond acceptors (Lipinski definition) is 2. The first-order chi connectivity index (χ1) is 5.93. The molecule has 0 saturated heterocycles. The molecule has 3 heteroatoms. The summed E-state index contributed by atoms with van der Waals surface area (Å²) >= 11 is 0. The van der Waals surface area contributed by atoms with Crippen LogP contribution in [0.4, 0.5) is 0 Å². The van der Waals surface area contributed by atoms with E-state index in [1.54, 1.807) is 0 Å². The minimum Gasteiger partial charge on any atom is -0.356 e. The lowest BCUT2D eigenvalue weighted by Crippen LogP contribution is -2.30. The van der Waals surface area contributed by atoms with Crippen LogP contribution in [0.15, 0.2) is 0 Å². The van der Waals surface area contributed by atoms with E-state index in [-0.39, 0.29) is 23.3 Å². The van der Waals surface area contributed by atoms with E-state index in [0.717, 1.165) is 12.8 Å². The molecule has 2 unspecified atom stereocenters. The van der Waals surface area contributed by atoms with E-state index in [9.17, 15) is 4.79 Å². The van der Waals surface area contributed by atoms with E-state index < -0.39 is 0 Å². The summed E-state index contributed by atoms with van der Waals surface area (Å²) in [5.74, 6) is 0.436. The van der Waals surface area contributed by atoms with Crippen LogP contribution < -0.4 is 11.1 Å². The molecule has 2 atom stereocenters. The molecule has 1 rings (SSSR count). The highest BCUT2D eigenvalue weighted by molar-refractivity contribution is 5.82. The van der Waals surface area contributed by atoms with Crippen LogP contribution in [0.1, 0.15) is 33.6 Å². The number of amides is 1. The summed E-state index contributed by atoms with van der Waals surface area (Å²) in [6, 6.07) is 0.174. The van der Waals surface area contributed by atoms with Crippen LogP contribution in [-0.4, -0.2) is 18.5 Å². The van der Waals surface area contributed by atoms with Crippen molar-refractivity contribution in [3.63, 3.8) is 0 Å². The van der Waals surface area contributed by atoms with Gasteiger partial charge in [0.25, 0.3) is 0 Å². The first-order valence-corrected chi connectivity index (χ1v) is 4.97.